The number of amides is 1. The number of anilines is 3. The molecule has 0 bridgehead atoms. The van der Waals surface area contributed by atoms with E-state index in [2.05, 4.69) is 26.8 Å². The van der Waals surface area contributed by atoms with E-state index in [1.807, 2.05) is 24.3 Å². The second kappa shape index (κ2) is 10.8. The Labute approximate surface area is 206 Å². The normalized spacial score (nSPS) is 14.4. The Morgan fingerprint density at radius 1 is 0.914 bits per heavy atom. The van der Waals surface area contributed by atoms with Gasteiger partial charge in [0.05, 0.1) is 12.0 Å². The van der Waals surface area contributed by atoms with Crippen LogP contribution in [-0.2, 0) is 10.0 Å². The number of benzene rings is 3. The van der Waals surface area contributed by atoms with Crippen molar-refractivity contribution in [2.24, 2.45) is 0 Å². The smallest absolute Gasteiger partial charge is 0.261 e. The molecule has 0 aromatic heterocycles. The highest BCUT2D eigenvalue weighted by Crippen LogP contribution is 2.22. The molecule has 9 heteroatoms. The standard InChI is InChI=1S/C26H30N4O4S/c1-3-29-15-17-30(18-16-29)23-11-7-21(8-12-23)27-26(31)20-5-4-6-25(19-20)35(32,33)28-22-9-13-24(34-2)14-10-22/h4-14,19,28H,3,15-18H2,1-2H3,(H,27,31). The van der Waals surface area contributed by atoms with E-state index in [-0.39, 0.29) is 16.4 Å². The molecular weight excluding hydrogens is 464 g/mol. The molecule has 0 atom stereocenters. The number of methoxy groups -OCH3 is 1. The molecule has 0 saturated carbocycles. The van der Waals surface area contributed by atoms with Crippen LogP contribution in [0.1, 0.15) is 17.3 Å². The topological polar surface area (TPSA) is 91.0 Å². The van der Waals surface area contributed by atoms with E-state index in [0.717, 1.165) is 38.4 Å². The molecule has 1 fully saturated rings. The molecule has 0 spiro atoms. The number of sulfonamides is 1. The van der Waals surface area contributed by atoms with Crippen LogP contribution in [0.2, 0.25) is 0 Å². The molecule has 0 radical (unpaired) electrons. The SMILES string of the molecule is CCN1CCN(c2ccc(NC(=O)c3cccc(S(=O)(=O)Nc4ccc(OC)cc4)c3)cc2)CC1. The van der Waals surface area contributed by atoms with Crippen molar-refractivity contribution in [2.75, 3.05) is 54.8 Å². The predicted octanol–water partition coefficient (Wildman–Crippen LogP) is 3.89. The maximum absolute atomic E-state index is 12.8. The molecule has 35 heavy (non-hydrogen) atoms. The second-order valence-corrected chi connectivity index (χ2v) is 9.97. The summed E-state index contributed by atoms with van der Waals surface area (Å²) in [4.78, 5) is 17.6. The van der Waals surface area contributed by atoms with Crippen LogP contribution >= 0.6 is 0 Å². The largest absolute Gasteiger partial charge is 0.497 e. The van der Waals surface area contributed by atoms with Crippen LogP contribution < -0.4 is 19.7 Å². The molecular formula is C26H30N4O4S. The van der Waals surface area contributed by atoms with Crippen LogP contribution in [0, 0.1) is 0 Å². The van der Waals surface area contributed by atoms with Gasteiger partial charge in [-0.2, -0.15) is 0 Å². The van der Waals surface area contributed by atoms with Crippen LogP contribution in [0.5, 0.6) is 5.75 Å². The van der Waals surface area contributed by atoms with Crippen molar-refractivity contribution < 1.29 is 17.9 Å². The monoisotopic (exact) mass is 494 g/mol. The van der Waals surface area contributed by atoms with E-state index < -0.39 is 10.0 Å². The molecule has 2 N–H and O–H groups in total. The minimum atomic E-state index is -3.87. The molecule has 1 saturated heterocycles. The minimum Gasteiger partial charge on any atom is -0.497 e. The number of ether oxygens (including phenoxy) is 1. The van der Waals surface area contributed by atoms with Gasteiger partial charge < -0.3 is 19.9 Å². The van der Waals surface area contributed by atoms with Crippen molar-refractivity contribution in [3.8, 4) is 5.75 Å². The average molecular weight is 495 g/mol. The first-order valence-electron chi connectivity index (χ1n) is 11.5. The maximum atomic E-state index is 12.8. The second-order valence-electron chi connectivity index (χ2n) is 8.28. The molecule has 1 amide bonds. The summed E-state index contributed by atoms with van der Waals surface area (Å²) in [5.41, 5.74) is 2.42. The average Bonchev–Trinajstić information content (AvgIpc) is 2.89. The van der Waals surface area contributed by atoms with Crippen molar-refractivity contribution >= 4 is 33.0 Å². The van der Waals surface area contributed by atoms with Gasteiger partial charge in [0.15, 0.2) is 0 Å². The van der Waals surface area contributed by atoms with Crippen LogP contribution in [-0.4, -0.2) is 59.1 Å². The first-order chi connectivity index (χ1) is 16.9. The summed E-state index contributed by atoms with van der Waals surface area (Å²) in [5, 5.41) is 2.85. The van der Waals surface area contributed by atoms with E-state index in [0.29, 0.717) is 17.1 Å². The Balaban J connectivity index is 1.41. The van der Waals surface area contributed by atoms with Gasteiger partial charge in [-0.05, 0) is 73.3 Å². The lowest BCUT2D eigenvalue weighted by Gasteiger charge is -2.35. The van der Waals surface area contributed by atoms with E-state index in [4.69, 9.17) is 4.74 Å². The highest BCUT2D eigenvalue weighted by Gasteiger charge is 2.18. The first-order valence-corrected chi connectivity index (χ1v) is 13.0. The fourth-order valence-corrected chi connectivity index (χ4v) is 5.06. The molecule has 1 aliphatic rings. The molecule has 3 aromatic rings. The third-order valence-electron chi connectivity index (χ3n) is 6.06. The summed E-state index contributed by atoms with van der Waals surface area (Å²) in [7, 11) is -2.33. The molecule has 0 aliphatic carbocycles. The molecule has 0 unspecified atom stereocenters. The Hall–Kier alpha value is -3.56. The highest BCUT2D eigenvalue weighted by atomic mass is 32.2. The number of carbonyl (C=O) groups excluding carboxylic acids is 1. The van der Waals surface area contributed by atoms with Gasteiger partial charge >= 0.3 is 0 Å². The lowest BCUT2D eigenvalue weighted by Crippen LogP contribution is -2.46. The Morgan fingerprint density at radius 3 is 2.20 bits per heavy atom. The Bertz CT molecular complexity index is 1250. The van der Waals surface area contributed by atoms with Crippen molar-refractivity contribution in [2.45, 2.75) is 11.8 Å². The number of carbonyl (C=O) groups is 1. The van der Waals surface area contributed by atoms with Crippen molar-refractivity contribution in [3.63, 3.8) is 0 Å². The minimum absolute atomic E-state index is 0.00235. The third-order valence-corrected chi connectivity index (χ3v) is 7.44. The zero-order valence-electron chi connectivity index (χ0n) is 19.9. The van der Waals surface area contributed by atoms with Crippen molar-refractivity contribution in [1.82, 2.24) is 4.90 Å². The lowest BCUT2D eigenvalue weighted by molar-refractivity contribution is 0.102. The fourth-order valence-electron chi connectivity index (χ4n) is 3.96. The number of piperazine rings is 1. The van der Waals surface area contributed by atoms with Gasteiger partial charge in [0.1, 0.15) is 5.75 Å². The van der Waals surface area contributed by atoms with Crippen LogP contribution in [0.3, 0.4) is 0 Å². The summed E-state index contributed by atoms with van der Waals surface area (Å²) in [6.07, 6.45) is 0. The Morgan fingerprint density at radius 2 is 1.57 bits per heavy atom. The molecule has 1 aliphatic heterocycles. The van der Waals surface area contributed by atoms with E-state index in [1.165, 1.54) is 12.1 Å². The number of hydrogen-bond acceptors (Lipinski definition) is 6. The lowest BCUT2D eigenvalue weighted by atomic mass is 10.2. The Kier molecular flexibility index (Phi) is 7.57. The van der Waals surface area contributed by atoms with Crippen LogP contribution in [0.25, 0.3) is 0 Å². The number of rotatable bonds is 8. The molecule has 4 rings (SSSR count). The summed E-state index contributed by atoms with van der Waals surface area (Å²) >= 11 is 0. The zero-order valence-corrected chi connectivity index (χ0v) is 20.7. The fraction of sp³-hybridized carbons (Fsp3) is 0.269. The summed E-state index contributed by atoms with van der Waals surface area (Å²) in [6.45, 7) is 7.29. The van der Waals surface area contributed by atoms with Crippen LogP contribution in [0.4, 0.5) is 17.1 Å². The zero-order chi connectivity index (χ0) is 24.8. The van der Waals surface area contributed by atoms with E-state index in [1.54, 1.807) is 43.5 Å². The van der Waals surface area contributed by atoms with Crippen molar-refractivity contribution in [1.29, 1.82) is 0 Å². The number of likely N-dealkylation sites (N-methyl/N-ethyl adjacent to an activating group) is 1. The predicted molar refractivity (Wildman–Crippen MR) is 139 cm³/mol. The van der Waals surface area contributed by atoms with E-state index in [9.17, 15) is 13.2 Å². The highest BCUT2D eigenvalue weighted by molar-refractivity contribution is 7.92. The molecule has 3 aromatic carbocycles. The van der Waals surface area contributed by atoms with Gasteiger partial charge in [-0.3, -0.25) is 9.52 Å². The molecule has 184 valence electrons. The quantitative estimate of drug-likeness (QED) is 0.494. The summed E-state index contributed by atoms with van der Waals surface area (Å²) in [6, 6.07) is 20.2. The summed E-state index contributed by atoms with van der Waals surface area (Å²) in [5.74, 6) is 0.245. The third kappa shape index (κ3) is 6.12. The van der Waals surface area contributed by atoms with Gasteiger partial charge in [0, 0.05) is 48.8 Å². The number of nitrogens with one attached hydrogen (secondary N) is 2. The van der Waals surface area contributed by atoms with Gasteiger partial charge in [-0.25, -0.2) is 8.42 Å². The van der Waals surface area contributed by atoms with Gasteiger partial charge in [0.2, 0.25) is 0 Å². The van der Waals surface area contributed by atoms with Crippen LogP contribution in [0.15, 0.2) is 77.7 Å². The molecule has 8 nitrogen and oxygen atoms in total. The van der Waals surface area contributed by atoms with Gasteiger partial charge in [-0.15, -0.1) is 0 Å². The number of hydrogen-bond donors (Lipinski definition) is 2. The first kappa shape index (κ1) is 24.6. The summed E-state index contributed by atoms with van der Waals surface area (Å²) < 4.78 is 33.3. The maximum Gasteiger partial charge on any atom is 0.261 e. The van der Waals surface area contributed by atoms with Gasteiger partial charge in [0.25, 0.3) is 15.9 Å². The van der Waals surface area contributed by atoms with E-state index >= 15 is 0 Å². The molecule has 1 heterocycles. The number of nitrogens with zero attached hydrogens (tertiary/aromatic N) is 2. The van der Waals surface area contributed by atoms with Gasteiger partial charge in [-0.1, -0.05) is 13.0 Å². The van der Waals surface area contributed by atoms with Crippen molar-refractivity contribution in [3.05, 3.63) is 78.4 Å².